The molecule has 0 spiro atoms. The minimum Gasteiger partial charge on any atom is -0.369 e. The molecule has 2 aromatic rings. The Labute approximate surface area is 112 Å². The van der Waals surface area contributed by atoms with Gasteiger partial charge in [0.1, 0.15) is 0 Å². The van der Waals surface area contributed by atoms with Crippen LogP contribution in [-0.4, -0.2) is 18.6 Å². The average molecular weight is 261 g/mol. The van der Waals surface area contributed by atoms with Crippen molar-refractivity contribution in [1.29, 1.82) is 0 Å². The first-order valence-corrected chi connectivity index (χ1v) is 6.98. The Morgan fingerprint density at radius 3 is 2.56 bits per heavy atom. The monoisotopic (exact) mass is 261 g/mol. The van der Waals surface area contributed by atoms with Crippen molar-refractivity contribution in [3.8, 4) is 0 Å². The predicted octanol–water partition coefficient (Wildman–Crippen LogP) is 2.59. The van der Waals surface area contributed by atoms with Gasteiger partial charge in [-0.05, 0) is 37.6 Å². The summed E-state index contributed by atoms with van der Waals surface area (Å²) in [5, 5.41) is 3.24. The Hall–Kier alpha value is -1.39. The molecule has 3 nitrogen and oxygen atoms in total. The molecule has 0 fully saturated rings. The number of hydrogen-bond acceptors (Lipinski definition) is 4. The Kier molecular flexibility index (Phi) is 4.33. The molecular weight excluding hydrogens is 242 g/mol. The number of thiazole rings is 1. The van der Waals surface area contributed by atoms with E-state index in [4.69, 9.17) is 5.73 Å². The molecule has 1 heterocycles. The quantitative estimate of drug-likeness (QED) is 0.899. The maximum absolute atomic E-state index is 5.55. The van der Waals surface area contributed by atoms with Crippen molar-refractivity contribution in [2.45, 2.75) is 19.9 Å². The van der Waals surface area contributed by atoms with E-state index in [1.165, 1.54) is 11.3 Å². The summed E-state index contributed by atoms with van der Waals surface area (Å²) in [5.74, 6) is 0. The number of benzene rings is 1. The number of aromatic nitrogens is 1. The zero-order valence-electron chi connectivity index (χ0n) is 10.9. The van der Waals surface area contributed by atoms with Crippen molar-refractivity contribution >= 4 is 17.0 Å². The van der Waals surface area contributed by atoms with Gasteiger partial charge in [-0.1, -0.05) is 12.1 Å². The van der Waals surface area contributed by atoms with E-state index in [1.807, 2.05) is 6.92 Å². The van der Waals surface area contributed by atoms with Gasteiger partial charge >= 0.3 is 0 Å². The van der Waals surface area contributed by atoms with E-state index in [-0.39, 0.29) is 0 Å². The second kappa shape index (κ2) is 5.98. The van der Waals surface area contributed by atoms with E-state index in [2.05, 4.69) is 46.6 Å². The molecule has 0 aliphatic heterocycles. The Balaban J connectivity index is 2.02. The Morgan fingerprint density at radius 2 is 2.00 bits per heavy atom. The van der Waals surface area contributed by atoms with Crippen LogP contribution in [-0.2, 0) is 13.0 Å². The number of rotatable bonds is 5. The molecule has 0 unspecified atom stereocenters. The van der Waals surface area contributed by atoms with Crippen LogP contribution in [0.15, 0.2) is 29.6 Å². The van der Waals surface area contributed by atoms with Crippen LogP contribution in [0.5, 0.6) is 0 Å². The van der Waals surface area contributed by atoms with E-state index in [0.29, 0.717) is 6.54 Å². The van der Waals surface area contributed by atoms with Gasteiger partial charge in [-0.2, -0.15) is 0 Å². The molecule has 2 N–H and O–H groups in total. The zero-order chi connectivity index (χ0) is 13.0. The molecule has 96 valence electrons. The second-order valence-electron chi connectivity index (χ2n) is 4.42. The Bertz CT molecular complexity index is 490. The predicted molar refractivity (Wildman–Crippen MR) is 78.2 cm³/mol. The highest BCUT2D eigenvalue weighted by Crippen LogP contribution is 2.17. The number of nitrogens with two attached hydrogens (primary N) is 1. The number of anilines is 1. The van der Waals surface area contributed by atoms with Gasteiger partial charge in [0, 0.05) is 18.1 Å². The molecule has 4 heteroatoms. The fraction of sp³-hybridized carbons (Fsp3) is 0.357. The maximum Gasteiger partial charge on any atom is 0.0898 e. The van der Waals surface area contributed by atoms with Crippen LogP contribution >= 0.6 is 11.3 Å². The molecule has 0 bridgehead atoms. The van der Waals surface area contributed by atoms with Crippen LogP contribution < -0.4 is 10.6 Å². The van der Waals surface area contributed by atoms with Crippen molar-refractivity contribution in [3.05, 3.63) is 45.9 Å². The summed E-state index contributed by atoms with van der Waals surface area (Å²) >= 11 is 1.70. The maximum atomic E-state index is 5.55. The van der Waals surface area contributed by atoms with Gasteiger partial charge in [0.25, 0.3) is 0 Å². The first-order valence-electron chi connectivity index (χ1n) is 6.10. The largest absolute Gasteiger partial charge is 0.369 e. The lowest BCUT2D eigenvalue weighted by Crippen LogP contribution is -2.16. The normalized spacial score (nSPS) is 10.6. The van der Waals surface area contributed by atoms with Gasteiger partial charge < -0.3 is 10.6 Å². The van der Waals surface area contributed by atoms with Crippen molar-refractivity contribution < 1.29 is 0 Å². The van der Waals surface area contributed by atoms with Crippen LogP contribution in [0.25, 0.3) is 0 Å². The van der Waals surface area contributed by atoms with E-state index < -0.39 is 0 Å². The topological polar surface area (TPSA) is 42.2 Å². The van der Waals surface area contributed by atoms with Crippen molar-refractivity contribution in [3.63, 3.8) is 0 Å². The summed E-state index contributed by atoms with van der Waals surface area (Å²) in [6.07, 6.45) is 0.940. The smallest absolute Gasteiger partial charge is 0.0898 e. The van der Waals surface area contributed by atoms with Crippen LogP contribution in [0, 0.1) is 6.92 Å². The van der Waals surface area contributed by atoms with Crippen LogP contribution in [0.4, 0.5) is 5.69 Å². The highest BCUT2D eigenvalue weighted by atomic mass is 32.1. The summed E-state index contributed by atoms with van der Waals surface area (Å²) in [5.41, 5.74) is 9.18. The van der Waals surface area contributed by atoms with E-state index >= 15 is 0 Å². The van der Waals surface area contributed by atoms with Gasteiger partial charge in [0.05, 0.1) is 17.2 Å². The lowest BCUT2D eigenvalue weighted by molar-refractivity contribution is 0.888. The van der Waals surface area contributed by atoms with Crippen molar-refractivity contribution in [1.82, 2.24) is 4.98 Å². The second-order valence-corrected chi connectivity index (χ2v) is 5.48. The van der Waals surface area contributed by atoms with Crippen LogP contribution in [0.1, 0.15) is 16.3 Å². The first-order chi connectivity index (χ1) is 8.69. The average Bonchev–Trinajstić information content (AvgIpc) is 2.76. The third kappa shape index (κ3) is 3.31. The lowest BCUT2D eigenvalue weighted by Gasteiger charge is -2.18. The SMILES string of the molecule is Cc1nc(CN(C)c2ccc(CCN)cc2)cs1. The number of nitrogens with zero attached hydrogens (tertiary/aromatic N) is 2. The minimum absolute atomic E-state index is 0.702. The fourth-order valence-corrected chi connectivity index (χ4v) is 2.50. The molecule has 0 aliphatic rings. The van der Waals surface area contributed by atoms with Gasteiger partial charge in [-0.3, -0.25) is 0 Å². The summed E-state index contributed by atoms with van der Waals surface area (Å²) < 4.78 is 0. The third-order valence-corrected chi connectivity index (χ3v) is 3.70. The molecule has 0 aliphatic carbocycles. The molecule has 1 aromatic carbocycles. The van der Waals surface area contributed by atoms with Gasteiger partial charge in [0.2, 0.25) is 0 Å². The molecule has 0 amide bonds. The summed E-state index contributed by atoms with van der Waals surface area (Å²) in [6, 6.07) is 8.57. The lowest BCUT2D eigenvalue weighted by atomic mass is 10.1. The molecular formula is C14H19N3S. The molecule has 0 saturated heterocycles. The minimum atomic E-state index is 0.702. The summed E-state index contributed by atoms with van der Waals surface area (Å²) in [4.78, 5) is 6.69. The summed E-state index contributed by atoms with van der Waals surface area (Å²) in [7, 11) is 2.09. The first kappa shape index (κ1) is 13.1. The highest BCUT2D eigenvalue weighted by Gasteiger charge is 2.04. The molecule has 2 rings (SSSR count). The molecule has 0 saturated carbocycles. The van der Waals surface area contributed by atoms with Gasteiger partial charge in [-0.15, -0.1) is 11.3 Å². The van der Waals surface area contributed by atoms with E-state index in [9.17, 15) is 0 Å². The summed E-state index contributed by atoms with van der Waals surface area (Å²) in [6.45, 7) is 3.59. The highest BCUT2D eigenvalue weighted by molar-refractivity contribution is 7.09. The van der Waals surface area contributed by atoms with Crippen molar-refractivity contribution in [2.75, 3.05) is 18.5 Å². The molecule has 1 aromatic heterocycles. The molecule has 18 heavy (non-hydrogen) atoms. The van der Waals surface area contributed by atoms with E-state index in [0.717, 1.165) is 23.7 Å². The Morgan fingerprint density at radius 1 is 1.28 bits per heavy atom. The zero-order valence-corrected chi connectivity index (χ0v) is 11.7. The number of aryl methyl sites for hydroxylation is 1. The third-order valence-electron chi connectivity index (χ3n) is 2.88. The van der Waals surface area contributed by atoms with Gasteiger partial charge in [-0.25, -0.2) is 4.98 Å². The van der Waals surface area contributed by atoms with Crippen LogP contribution in [0.2, 0.25) is 0 Å². The fourth-order valence-electron chi connectivity index (χ4n) is 1.90. The van der Waals surface area contributed by atoms with E-state index in [1.54, 1.807) is 11.3 Å². The van der Waals surface area contributed by atoms with Gasteiger partial charge in [0.15, 0.2) is 0 Å². The molecule has 0 atom stereocenters. The van der Waals surface area contributed by atoms with Crippen molar-refractivity contribution in [2.24, 2.45) is 5.73 Å². The standard InChI is InChI=1S/C14H19N3S/c1-11-16-13(10-18-11)9-17(2)14-5-3-12(4-6-14)7-8-15/h3-6,10H,7-9,15H2,1-2H3. The van der Waals surface area contributed by atoms with Crippen LogP contribution in [0.3, 0.4) is 0 Å². The molecule has 0 radical (unpaired) electrons. The number of hydrogen-bond donors (Lipinski definition) is 1.